The van der Waals surface area contributed by atoms with E-state index in [2.05, 4.69) is 28.8 Å². The Balaban J connectivity index is 2.43. The number of hydrogen-bond donors (Lipinski definition) is 0. The summed E-state index contributed by atoms with van der Waals surface area (Å²) in [5, 5.41) is 0.525. The summed E-state index contributed by atoms with van der Waals surface area (Å²) in [5.41, 5.74) is 1.90. The zero-order chi connectivity index (χ0) is 11.5. The first kappa shape index (κ1) is 11.0. The van der Waals surface area contributed by atoms with E-state index >= 15 is 0 Å². The molecule has 4 heteroatoms. The van der Waals surface area contributed by atoms with Crippen LogP contribution in [0.15, 0.2) is 30.7 Å². The minimum atomic E-state index is 0.332. The molecule has 2 aromatic heterocycles. The topological polar surface area (TPSA) is 38.7 Å². The highest BCUT2D eigenvalue weighted by atomic mass is 35.5. The summed E-state index contributed by atoms with van der Waals surface area (Å²) >= 11 is 6.11. The SMILES string of the molecule is CC(C)c1cnc(-c2ccncc2)nc1Cl. The molecule has 2 rings (SSSR count). The lowest BCUT2D eigenvalue weighted by molar-refractivity contribution is 0.847. The fourth-order valence-corrected chi connectivity index (χ4v) is 1.74. The predicted molar refractivity (Wildman–Crippen MR) is 64.4 cm³/mol. The molecule has 0 saturated heterocycles. The Hall–Kier alpha value is -1.48. The maximum absolute atomic E-state index is 6.11. The molecule has 0 N–H and O–H groups in total. The second-order valence-electron chi connectivity index (χ2n) is 3.83. The zero-order valence-electron chi connectivity index (χ0n) is 9.18. The summed E-state index contributed by atoms with van der Waals surface area (Å²) < 4.78 is 0. The van der Waals surface area contributed by atoms with E-state index in [1.165, 1.54) is 0 Å². The van der Waals surface area contributed by atoms with E-state index < -0.39 is 0 Å². The average Bonchev–Trinajstić information content (AvgIpc) is 2.29. The van der Waals surface area contributed by atoms with Gasteiger partial charge in [-0.25, -0.2) is 9.97 Å². The van der Waals surface area contributed by atoms with Crippen LogP contribution in [0.25, 0.3) is 11.4 Å². The fraction of sp³-hybridized carbons (Fsp3) is 0.250. The molecule has 0 radical (unpaired) electrons. The third-order valence-electron chi connectivity index (χ3n) is 2.33. The quantitative estimate of drug-likeness (QED) is 0.747. The first-order valence-corrected chi connectivity index (χ1v) is 5.49. The molecule has 2 heterocycles. The molecular weight excluding hydrogens is 222 g/mol. The third kappa shape index (κ3) is 2.19. The van der Waals surface area contributed by atoms with Gasteiger partial charge in [0, 0.05) is 29.7 Å². The Kier molecular flexibility index (Phi) is 3.15. The van der Waals surface area contributed by atoms with Gasteiger partial charge in [-0.05, 0) is 18.1 Å². The van der Waals surface area contributed by atoms with Crippen LogP contribution in [0.5, 0.6) is 0 Å². The van der Waals surface area contributed by atoms with Crippen molar-refractivity contribution in [1.82, 2.24) is 15.0 Å². The molecule has 0 fully saturated rings. The van der Waals surface area contributed by atoms with E-state index in [1.54, 1.807) is 18.6 Å². The minimum Gasteiger partial charge on any atom is -0.265 e. The van der Waals surface area contributed by atoms with Gasteiger partial charge in [0.1, 0.15) is 5.15 Å². The van der Waals surface area contributed by atoms with E-state index in [1.807, 2.05) is 12.1 Å². The lowest BCUT2D eigenvalue weighted by atomic mass is 10.1. The van der Waals surface area contributed by atoms with Crippen molar-refractivity contribution in [3.05, 3.63) is 41.4 Å². The maximum atomic E-state index is 6.11. The second kappa shape index (κ2) is 4.58. The number of nitrogens with zero attached hydrogens (tertiary/aromatic N) is 3. The molecule has 0 bridgehead atoms. The summed E-state index contributed by atoms with van der Waals surface area (Å²) in [6.07, 6.45) is 5.21. The molecule has 0 aromatic carbocycles. The van der Waals surface area contributed by atoms with Gasteiger partial charge < -0.3 is 0 Å². The van der Waals surface area contributed by atoms with Crippen molar-refractivity contribution in [1.29, 1.82) is 0 Å². The van der Waals surface area contributed by atoms with Crippen molar-refractivity contribution in [2.45, 2.75) is 19.8 Å². The Morgan fingerprint density at radius 2 is 1.88 bits per heavy atom. The highest BCUT2D eigenvalue weighted by Gasteiger charge is 2.09. The van der Waals surface area contributed by atoms with Crippen molar-refractivity contribution in [2.24, 2.45) is 0 Å². The van der Waals surface area contributed by atoms with Gasteiger partial charge in [-0.15, -0.1) is 0 Å². The van der Waals surface area contributed by atoms with Gasteiger partial charge in [0.15, 0.2) is 5.82 Å². The highest BCUT2D eigenvalue weighted by Crippen LogP contribution is 2.24. The number of rotatable bonds is 2. The molecule has 0 saturated carbocycles. The van der Waals surface area contributed by atoms with Gasteiger partial charge in [-0.1, -0.05) is 25.4 Å². The summed E-state index contributed by atoms with van der Waals surface area (Å²) in [7, 11) is 0. The van der Waals surface area contributed by atoms with E-state index in [4.69, 9.17) is 11.6 Å². The van der Waals surface area contributed by atoms with E-state index in [0.29, 0.717) is 16.9 Å². The molecule has 16 heavy (non-hydrogen) atoms. The summed E-state index contributed by atoms with van der Waals surface area (Å²) in [5.74, 6) is 0.968. The van der Waals surface area contributed by atoms with Gasteiger partial charge >= 0.3 is 0 Å². The van der Waals surface area contributed by atoms with Crippen molar-refractivity contribution < 1.29 is 0 Å². The van der Waals surface area contributed by atoms with Crippen LogP contribution in [-0.2, 0) is 0 Å². The lowest BCUT2D eigenvalue weighted by Crippen LogP contribution is -1.96. The molecule has 3 nitrogen and oxygen atoms in total. The van der Waals surface area contributed by atoms with Crippen LogP contribution in [0, 0.1) is 0 Å². The summed E-state index contributed by atoms with van der Waals surface area (Å²) in [6.45, 7) is 4.13. The van der Waals surface area contributed by atoms with Crippen LogP contribution < -0.4 is 0 Å². The molecule has 2 aromatic rings. The van der Waals surface area contributed by atoms with Crippen molar-refractivity contribution in [2.75, 3.05) is 0 Å². The number of hydrogen-bond acceptors (Lipinski definition) is 3. The first-order valence-electron chi connectivity index (χ1n) is 5.11. The maximum Gasteiger partial charge on any atom is 0.160 e. The van der Waals surface area contributed by atoms with Crippen LogP contribution in [0.3, 0.4) is 0 Å². The van der Waals surface area contributed by atoms with Gasteiger partial charge in [0.25, 0.3) is 0 Å². The normalized spacial score (nSPS) is 10.8. The van der Waals surface area contributed by atoms with Crippen LogP contribution in [0.1, 0.15) is 25.3 Å². The molecule has 0 aliphatic carbocycles. The fourth-order valence-electron chi connectivity index (χ4n) is 1.40. The van der Waals surface area contributed by atoms with Gasteiger partial charge in [-0.3, -0.25) is 4.98 Å². The largest absolute Gasteiger partial charge is 0.265 e. The van der Waals surface area contributed by atoms with E-state index in [-0.39, 0.29) is 0 Å². The lowest BCUT2D eigenvalue weighted by Gasteiger charge is -2.07. The van der Waals surface area contributed by atoms with Gasteiger partial charge in [0.05, 0.1) is 0 Å². The van der Waals surface area contributed by atoms with Crippen LogP contribution in [-0.4, -0.2) is 15.0 Å². The first-order chi connectivity index (χ1) is 7.68. The minimum absolute atomic E-state index is 0.332. The molecule has 0 amide bonds. The smallest absolute Gasteiger partial charge is 0.160 e. The molecule has 0 atom stereocenters. The monoisotopic (exact) mass is 233 g/mol. The van der Waals surface area contributed by atoms with Gasteiger partial charge in [-0.2, -0.15) is 0 Å². The highest BCUT2D eigenvalue weighted by molar-refractivity contribution is 6.30. The molecule has 0 unspecified atom stereocenters. The van der Waals surface area contributed by atoms with Crippen LogP contribution in [0.2, 0.25) is 5.15 Å². The Bertz CT molecular complexity index is 483. The van der Waals surface area contributed by atoms with Crippen molar-refractivity contribution >= 4 is 11.6 Å². The molecular formula is C12H12ClN3. The van der Waals surface area contributed by atoms with Crippen LogP contribution >= 0.6 is 11.6 Å². The third-order valence-corrected chi connectivity index (χ3v) is 2.63. The standard InChI is InChI=1S/C12H12ClN3/c1-8(2)10-7-15-12(16-11(10)13)9-3-5-14-6-4-9/h3-8H,1-2H3. The Labute approximate surface area is 99.5 Å². The number of halogens is 1. The van der Waals surface area contributed by atoms with Crippen molar-refractivity contribution in [3.63, 3.8) is 0 Å². The predicted octanol–water partition coefficient (Wildman–Crippen LogP) is 3.32. The van der Waals surface area contributed by atoms with E-state index in [9.17, 15) is 0 Å². The molecule has 0 aliphatic heterocycles. The Morgan fingerprint density at radius 1 is 1.19 bits per heavy atom. The van der Waals surface area contributed by atoms with Crippen LogP contribution in [0.4, 0.5) is 0 Å². The summed E-state index contributed by atoms with van der Waals surface area (Å²) in [4.78, 5) is 12.5. The van der Waals surface area contributed by atoms with E-state index in [0.717, 1.165) is 11.1 Å². The number of pyridine rings is 1. The Morgan fingerprint density at radius 3 is 2.44 bits per heavy atom. The average molecular weight is 234 g/mol. The molecule has 82 valence electrons. The van der Waals surface area contributed by atoms with Crippen molar-refractivity contribution in [3.8, 4) is 11.4 Å². The zero-order valence-corrected chi connectivity index (χ0v) is 9.94. The van der Waals surface area contributed by atoms with Gasteiger partial charge in [0.2, 0.25) is 0 Å². The summed E-state index contributed by atoms with van der Waals surface area (Å²) in [6, 6.07) is 3.72. The second-order valence-corrected chi connectivity index (χ2v) is 4.19. The number of aromatic nitrogens is 3. The molecule has 0 aliphatic rings. The molecule has 0 spiro atoms.